The minimum atomic E-state index is -1.68. The number of hydrazine groups is 1. The summed E-state index contributed by atoms with van der Waals surface area (Å²) in [6.07, 6.45) is 3.76. The lowest BCUT2D eigenvalue weighted by molar-refractivity contribution is -0.496. The quantitative estimate of drug-likeness (QED) is 0.160. The Kier molecular flexibility index (Phi) is 7.51. The Morgan fingerprint density at radius 3 is 2.83 bits per heavy atom. The second-order valence-electron chi connectivity index (χ2n) is 4.49. The molecule has 8 nitrogen and oxygen atoms in total. The monoisotopic (exact) mass is 318 g/mol. The second-order valence-corrected chi connectivity index (χ2v) is 4.49. The minimum Gasteiger partial charge on any atom is -0.493 e. The third-order valence-electron chi connectivity index (χ3n) is 2.71. The highest BCUT2D eigenvalue weighted by atomic mass is 16.5. The van der Waals surface area contributed by atoms with Crippen LogP contribution in [-0.2, 0) is 0 Å². The van der Waals surface area contributed by atoms with Gasteiger partial charge in [-0.25, -0.2) is 0 Å². The molecule has 1 aromatic carbocycles. The van der Waals surface area contributed by atoms with Gasteiger partial charge in [-0.15, -0.1) is 15.6 Å². The van der Waals surface area contributed by atoms with Crippen LogP contribution in [0.4, 0.5) is 0 Å². The van der Waals surface area contributed by atoms with Gasteiger partial charge in [-0.1, -0.05) is 25.6 Å². The number of ether oxygens (including phenoxy) is 1. The van der Waals surface area contributed by atoms with Crippen LogP contribution in [0.5, 0.6) is 5.75 Å². The van der Waals surface area contributed by atoms with E-state index in [2.05, 4.69) is 34.0 Å². The van der Waals surface area contributed by atoms with Crippen LogP contribution in [0.3, 0.4) is 0 Å². The van der Waals surface area contributed by atoms with Gasteiger partial charge in [0.15, 0.2) is 6.72 Å². The van der Waals surface area contributed by atoms with Crippen molar-refractivity contribution in [1.29, 1.82) is 0 Å². The van der Waals surface area contributed by atoms with Crippen molar-refractivity contribution in [2.45, 2.75) is 13.3 Å². The fraction of sp³-hybridized carbons (Fsp3) is 0.214. The van der Waals surface area contributed by atoms with E-state index in [1.165, 1.54) is 6.21 Å². The number of rotatable bonds is 8. The average molecular weight is 318 g/mol. The summed E-state index contributed by atoms with van der Waals surface area (Å²) < 4.78 is 5.62. The first kappa shape index (κ1) is 18.4. The largest absolute Gasteiger partial charge is 0.493 e. The molecule has 0 unspecified atom stereocenters. The molecule has 1 aromatic rings. The summed E-state index contributed by atoms with van der Waals surface area (Å²) in [5, 5.41) is 29.0. The van der Waals surface area contributed by atoms with Crippen molar-refractivity contribution in [3.8, 4) is 5.75 Å². The molecule has 0 aliphatic rings. The Morgan fingerprint density at radius 1 is 1.52 bits per heavy atom. The topological polar surface area (TPSA) is 126 Å². The summed E-state index contributed by atoms with van der Waals surface area (Å²) in [5.74, 6) is 0.350. The van der Waals surface area contributed by atoms with Crippen molar-refractivity contribution in [3.63, 3.8) is 0 Å². The summed E-state index contributed by atoms with van der Waals surface area (Å²) in [6, 6.07) is 3.33. The van der Waals surface area contributed by atoms with Gasteiger partial charge in [0, 0.05) is 11.0 Å². The third kappa shape index (κ3) is 5.57. The van der Waals surface area contributed by atoms with Gasteiger partial charge in [0.25, 0.3) is 5.96 Å². The number of benzene rings is 1. The summed E-state index contributed by atoms with van der Waals surface area (Å²) in [6.45, 7) is 9.38. The molecule has 0 aromatic heterocycles. The molecule has 0 heterocycles. The van der Waals surface area contributed by atoms with Crippen LogP contribution in [0.2, 0.25) is 0 Å². The van der Waals surface area contributed by atoms with E-state index in [1.807, 2.05) is 6.92 Å². The highest BCUT2D eigenvalue weighted by molar-refractivity contribution is 6.60. The number of hydrazone groups is 1. The first-order valence-corrected chi connectivity index (χ1v) is 6.97. The zero-order valence-corrected chi connectivity index (χ0v) is 13.0. The predicted octanol–water partition coefficient (Wildman–Crippen LogP) is -2.27. The molecular formula is C14H21BN5O3+. The van der Waals surface area contributed by atoms with Gasteiger partial charge in [-0.2, -0.15) is 5.10 Å². The fourth-order valence-electron chi connectivity index (χ4n) is 1.74. The van der Waals surface area contributed by atoms with Crippen molar-refractivity contribution in [1.82, 2.24) is 5.43 Å². The summed E-state index contributed by atoms with van der Waals surface area (Å²) in [4.78, 5) is 0. The van der Waals surface area contributed by atoms with Crippen LogP contribution in [-0.4, -0.2) is 42.7 Å². The predicted molar refractivity (Wildman–Crippen MR) is 92.6 cm³/mol. The van der Waals surface area contributed by atoms with E-state index in [1.54, 1.807) is 18.2 Å². The molecule has 1 rings (SSSR count). The van der Waals surface area contributed by atoms with Gasteiger partial charge in [-0.3, -0.25) is 0 Å². The number of hydrogen-bond acceptors (Lipinski definition) is 5. The van der Waals surface area contributed by atoms with Crippen molar-refractivity contribution in [2.75, 3.05) is 6.61 Å². The van der Waals surface area contributed by atoms with E-state index in [9.17, 15) is 10.0 Å². The number of nitrogens with one attached hydrogen (secondary N) is 2. The maximum absolute atomic E-state index is 9.56. The Labute approximate surface area is 135 Å². The van der Waals surface area contributed by atoms with E-state index in [0.717, 1.165) is 6.42 Å². The van der Waals surface area contributed by atoms with Crippen LogP contribution < -0.4 is 26.5 Å². The maximum Gasteiger partial charge on any atom is 0.492 e. The highest BCUT2D eigenvalue weighted by Gasteiger charge is 2.20. The van der Waals surface area contributed by atoms with Crippen molar-refractivity contribution in [3.05, 3.63) is 29.8 Å². The molecule has 0 aliphatic carbocycles. The van der Waals surface area contributed by atoms with Crippen LogP contribution >= 0.6 is 0 Å². The number of nitrogens with two attached hydrogens (primary N) is 1. The van der Waals surface area contributed by atoms with Crippen LogP contribution in [0.25, 0.3) is 6.08 Å². The lowest BCUT2D eigenvalue weighted by Gasteiger charge is -2.14. The van der Waals surface area contributed by atoms with E-state index < -0.39 is 7.12 Å². The first-order valence-electron chi connectivity index (χ1n) is 6.97. The molecule has 9 heteroatoms. The van der Waals surface area contributed by atoms with Gasteiger partial charge >= 0.3 is 7.12 Å². The first-order chi connectivity index (χ1) is 11.0. The molecule has 6 N–H and O–H groups in total. The van der Waals surface area contributed by atoms with Gasteiger partial charge in [0.1, 0.15) is 5.75 Å². The minimum absolute atomic E-state index is 0.0227. The van der Waals surface area contributed by atoms with Crippen LogP contribution in [0, 0.1) is 0 Å². The molecular weight excluding hydrogens is 297 g/mol. The molecule has 0 atom stereocenters. The van der Waals surface area contributed by atoms with E-state index in [-0.39, 0.29) is 11.4 Å². The van der Waals surface area contributed by atoms with Crippen LogP contribution in [0.15, 0.2) is 28.9 Å². The van der Waals surface area contributed by atoms with Crippen molar-refractivity contribution < 1.29 is 19.9 Å². The molecule has 0 aliphatic heterocycles. The lowest BCUT2D eigenvalue weighted by atomic mass is 9.77. The molecule has 0 bridgehead atoms. The zero-order valence-electron chi connectivity index (χ0n) is 13.0. The molecule has 0 fully saturated rings. The highest BCUT2D eigenvalue weighted by Crippen LogP contribution is 2.18. The third-order valence-corrected chi connectivity index (χ3v) is 2.71. The standard InChI is InChI=1S/C14H20BN5O3/c1-4-6-23-13-11(9-18-20-14(16)19-17-3)7-10(5-2)8-12(13)15(21)22/h5,7-9,21-22H,2-4,6H2,1H3,(H3,16,19,20)/p+1. The van der Waals surface area contributed by atoms with Gasteiger partial charge in [0.2, 0.25) is 0 Å². The summed E-state index contributed by atoms with van der Waals surface area (Å²) in [5.41, 5.74) is 9.40. The molecule has 23 heavy (non-hydrogen) atoms. The lowest BCUT2D eigenvalue weighted by Crippen LogP contribution is -2.80. The normalized spacial score (nSPS) is 11.3. The molecule has 122 valence electrons. The Bertz CT molecular complexity index is 617. The molecule has 0 saturated heterocycles. The molecule has 0 radical (unpaired) electrons. The number of guanidine groups is 1. The fourth-order valence-corrected chi connectivity index (χ4v) is 1.74. The Morgan fingerprint density at radius 2 is 2.26 bits per heavy atom. The number of hydrogen-bond donors (Lipinski definition) is 5. The Balaban J connectivity index is 3.27. The maximum atomic E-state index is 9.56. The van der Waals surface area contributed by atoms with Crippen LogP contribution in [0.1, 0.15) is 24.5 Å². The molecule has 0 amide bonds. The van der Waals surface area contributed by atoms with Gasteiger partial charge in [0.05, 0.1) is 12.8 Å². The smallest absolute Gasteiger partial charge is 0.492 e. The van der Waals surface area contributed by atoms with Gasteiger partial charge in [-0.05, 0) is 18.1 Å². The number of nitrogens with zero attached hydrogens (tertiary/aromatic N) is 2. The van der Waals surface area contributed by atoms with E-state index in [4.69, 9.17) is 10.5 Å². The second kappa shape index (κ2) is 9.39. The van der Waals surface area contributed by atoms with Gasteiger partial charge < -0.3 is 20.5 Å². The van der Waals surface area contributed by atoms with E-state index >= 15 is 0 Å². The molecule has 0 saturated carbocycles. The SMILES string of the molecule is C=Cc1cc(C=N/N=C(\N)N[NH+]=C)c(OCCC)c(B(O)O)c1. The average Bonchev–Trinajstić information content (AvgIpc) is 2.53. The van der Waals surface area contributed by atoms with E-state index in [0.29, 0.717) is 23.5 Å². The zero-order chi connectivity index (χ0) is 17.2. The van der Waals surface area contributed by atoms with Crippen molar-refractivity contribution in [2.24, 2.45) is 15.9 Å². The van der Waals surface area contributed by atoms with Crippen molar-refractivity contribution >= 4 is 37.5 Å². The summed E-state index contributed by atoms with van der Waals surface area (Å²) in [7, 11) is -1.68. The molecule has 0 spiro atoms. The Hall–Kier alpha value is -2.65. The summed E-state index contributed by atoms with van der Waals surface area (Å²) >= 11 is 0.